The molecule has 0 aromatic heterocycles. The molecule has 0 amide bonds. The molecular weight excluding hydrogens is 172 g/mol. The summed E-state index contributed by atoms with van der Waals surface area (Å²) in [5.74, 6) is 2.14. The molecule has 0 aromatic carbocycles. The van der Waals surface area contributed by atoms with Gasteiger partial charge < -0.3 is 4.74 Å². The number of methoxy groups -OCH3 is 1. The Bertz CT molecular complexity index is 209. The summed E-state index contributed by atoms with van der Waals surface area (Å²) in [6.07, 6.45) is 1.57. The molecule has 0 saturated heterocycles. The Hall–Kier alpha value is -0.440. The van der Waals surface area contributed by atoms with E-state index < -0.39 is 0 Å². The maximum Gasteiger partial charge on any atom is 0.309 e. The van der Waals surface area contributed by atoms with Crippen LogP contribution in [0.4, 0.5) is 0 Å². The molecule has 0 aliphatic heterocycles. The van der Waals surface area contributed by atoms with Crippen LogP contribution in [0.2, 0.25) is 0 Å². The summed E-state index contributed by atoms with van der Waals surface area (Å²) in [5.41, 5.74) is 2.75. The Morgan fingerprint density at radius 1 is 1.58 bits per heavy atom. The fraction of sp³-hybridized carbons (Fsp3) is 0.667. The van der Waals surface area contributed by atoms with Crippen molar-refractivity contribution in [2.24, 2.45) is 0 Å². The van der Waals surface area contributed by atoms with E-state index in [9.17, 15) is 4.79 Å². The number of thioether (sulfide) groups is 1. The summed E-state index contributed by atoms with van der Waals surface area (Å²) in [6.45, 7) is 2.15. The highest BCUT2D eigenvalue weighted by Gasteiger charge is 2.23. The van der Waals surface area contributed by atoms with Crippen molar-refractivity contribution in [1.29, 1.82) is 0 Å². The van der Waals surface area contributed by atoms with Crippen LogP contribution in [-0.2, 0) is 9.53 Å². The molecule has 0 fully saturated rings. The fourth-order valence-electron chi connectivity index (χ4n) is 1.03. The highest BCUT2D eigenvalue weighted by Crippen LogP contribution is 2.36. The van der Waals surface area contributed by atoms with E-state index in [4.69, 9.17) is 0 Å². The van der Waals surface area contributed by atoms with Gasteiger partial charge in [0.05, 0.1) is 13.5 Å². The van der Waals surface area contributed by atoms with Crippen molar-refractivity contribution in [1.82, 2.24) is 0 Å². The predicted molar refractivity (Wildman–Crippen MR) is 51.3 cm³/mol. The lowest BCUT2D eigenvalue weighted by Gasteiger charge is -1.91. The zero-order valence-electron chi connectivity index (χ0n) is 7.55. The van der Waals surface area contributed by atoms with Crippen molar-refractivity contribution in [3.05, 3.63) is 11.1 Å². The number of hydrogen-bond acceptors (Lipinski definition) is 3. The predicted octanol–water partition coefficient (Wildman–Crippen LogP) is 2.00. The van der Waals surface area contributed by atoms with Gasteiger partial charge in [-0.25, -0.2) is 0 Å². The SMILES string of the molecule is CCSCC1=C(CC(=O)OC)C1. The summed E-state index contributed by atoms with van der Waals surface area (Å²) in [7, 11) is 1.44. The summed E-state index contributed by atoms with van der Waals surface area (Å²) >= 11 is 1.91. The molecule has 0 aromatic rings. The van der Waals surface area contributed by atoms with E-state index in [1.807, 2.05) is 11.8 Å². The Kier molecular flexibility index (Phi) is 3.66. The van der Waals surface area contributed by atoms with Gasteiger partial charge in [-0.1, -0.05) is 18.1 Å². The van der Waals surface area contributed by atoms with Gasteiger partial charge in [-0.15, -0.1) is 0 Å². The second-order valence-corrected chi connectivity index (χ2v) is 4.05. The Balaban J connectivity index is 2.19. The molecule has 3 heteroatoms. The molecule has 0 N–H and O–H groups in total. The maximum absolute atomic E-state index is 10.8. The van der Waals surface area contributed by atoms with Gasteiger partial charge in [0.25, 0.3) is 0 Å². The first kappa shape index (κ1) is 9.65. The van der Waals surface area contributed by atoms with E-state index in [2.05, 4.69) is 11.7 Å². The molecule has 0 radical (unpaired) electrons. The van der Waals surface area contributed by atoms with E-state index in [0.717, 1.165) is 17.9 Å². The third kappa shape index (κ3) is 2.89. The molecule has 2 nitrogen and oxygen atoms in total. The van der Waals surface area contributed by atoms with Crippen LogP contribution < -0.4 is 0 Å². The molecule has 0 saturated carbocycles. The largest absolute Gasteiger partial charge is 0.469 e. The lowest BCUT2D eigenvalue weighted by Crippen LogP contribution is -1.97. The summed E-state index contributed by atoms with van der Waals surface area (Å²) in [5, 5.41) is 0. The molecule has 12 heavy (non-hydrogen) atoms. The first-order chi connectivity index (χ1) is 5.77. The van der Waals surface area contributed by atoms with Gasteiger partial charge in [-0.3, -0.25) is 4.79 Å². The average molecular weight is 186 g/mol. The highest BCUT2D eigenvalue weighted by atomic mass is 32.2. The van der Waals surface area contributed by atoms with Crippen molar-refractivity contribution >= 4 is 17.7 Å². The van der Waals surface area contributed by atoms with Gasteiger partial charge in [0.15, 0.2) is 0 Å². The minimum absolute atomic E-state index is 0.110. The van der Waals surface area contributed by atoms with Crippen molar-refractivity contribution in [2.45, 2.75) is 19.8 Å². The number of ether oxygens (including phenoxy) is 1. The number of carbonyl (C=O) groups is 1. The Labute approximate surface area is 77.4 Å². The fourth-order valence-corrected chi connectivity index (χ4v) is 1.78. The van der Waals surface area contributed by atoms with Gasteiger partial charge in [0, 0.05) is 5.75 Å². The number of rotatable bonds is 5. The summed E-state index contributed by atoms with van der Waals surface area (Å²) in [6, 6.07) is 0. The van der Waals surface area contributed by atoms with Crippen LogP contribution in [-0.4, -0.2) is 24.6 Å². The summed E-state index contributed by atoms with van der Waals surface area (Å²) in [4.78, 5) is 10.8. The molecule has 1 aliphatic carbocycles. The summed E-state index contributed by atoms with van der Waals surface area (Å²) < 4.78 is 4.57. The second kappa shape index (κ2) is 4.55. The van der Waals surface area contributed by atoms with E-state index >= 15 is 0 Å². The molecule has 68 valence electrons. The lowest BCUT2D eigenvalue weighted by atomic mass is 10.3. The van der Waals surface area contributed by atoms with Crippen molar-refractivity contribution < 1.29 is 9.53 Å². The molecule has 0 heterocycles. The molecule has 0 bridgehead atoms. The normalized spacial score (nSPS) is 14.8. The quantitative estimate of drug-likeness (QED) is 0.485. The van der Waals surface area contributed by atoms with Crippen molar-refractivity contribution in [3.63, 3.8) is 0 Å². The van der Waals surface area contributed by atoms with Gasteiger partial charge in [0.1, 0.15) is 0 Å². The van der Waals surface area contributed by atoms with Crippen LogP contribution in [0.5, 0.6) is 0 Å². The van der Waals surface area contributed by atoms with Crippen molar-refractivity contribution in [3.8, 4) is 0 Å². The van der Waals surface area contributed by atoms with Crippen LogP contribution in [0.3, 0.4) is 0 Å². The van der Waals surface area contributed by atoms with E-state index in [1.165, 1.54) is 18.3 Å². The molecule has 0 spiro atoms. The van der Waals surface area contributed by atoms with Gasteiger partial charge in [-0.05, 0) is 12.2 Å². The highest BCUT2D eigenvalue weighted by molar-refractivity contribution is 7.99. The number of carbonyl (C=O) groups excluding carboxylic acids is 1. The third-order valence-corrected chi connectivity index (χ3v) is 2.83. The van der Waals surface area contributed by atoms with Crippen molar-refractivity contribution in [2.75, 3.05) is 18.6 Å². The van der Waals surface area contributed by atoms with E-state index in [0.29, 0.717) is 6.42 Å². The minimum atomic E-state index is -0.110. The van der Waals surface area contributed by atoms with Crippen LogP contribution in [0.15, 0.2) is 11.1 Å². The van der Waals surface area contributed by atoms with E-state index in [-0.39, 0.29) is 5.97 Å². The second-order valence-electron chi connectivity index (χ2n) is 2.77. The number of hydrogen-bond donors (Lipinski definition) is 0. The Morgan fingerprint density at radius 2 is 2.33 bits per heavy atom. The lowest BCUT2D eigenvalue weighted by molar-refractivity contribution is -0.139. The third-order valence-electron chi connectivity index (χ3n) is 1.87. The van der Waals surface area contributed by atoms with Gasteiger partial charge in [0.2, 0.25) is 0 Å². The van der Waals surface area contributed by atoms with Gasteiger partial charge >= 0.3 is 5.97 Å². The number of esters is 1. The Morgan fingerprint density at radius 3 is 2.92 bits per heavy atom. The standard InChI is InChI=1S/C9H14O2S/c1-3-12-6-8-4-7(8)5-9(10)11-2/h3-6H2,1-2H3. The molecular formula is C9H14O2S. The minimum Gasteiger partial charge on any atom is -0.469 e. The average Bonchev–Trinajstić information content (AvgIpc) is 2.80. The first-order valence-electron chi connectivity index (χ1n) is 4.12. The van der Waals surface area contributed by atoms with Gasteiger partial charge in [-0.2, -0.15) is 11.8 Å². The molecule has 1 aliphatic rings. The van der Waals surface area contributed by atoms with Crippen LogP contribution in [0.25, 0.3) is 0 Å². The molecule has 1 rings (SSSR count). The zero-order chi connectivity index (χ0) is 8.97. The monoisotopic (exact) mass is 186 g/mol. The maximum atomic E-state index is 10.8. The van der Waals surface area contributed by atoms with Crippen LogP contribution in [0.1, 0.15) is 19.8 Å². The molecule has 0 unspecified atom stereocenters. The zero-order valence-corrected chi connectivity index (χ0v) is 8.37. The van der Waals surface area contributed by atoms with Crippen LogP contribution >= 0.6 is 11.8 Å². The first-order valence-corrected chi connectivity index (χ1v) is 5.27. The smallest absolute Gasteiger partial charge is 0.309 e. The topological polar surface area (TPSA) is 26.3 Å². The van der Waals surface area contributed by atoms with E-state index in [1.54, 1.807) is 0 Å². The molecule has 0 atom stereocenters. The van der Waals surface area contributed by atoms with Crippen LogP contribution in [0, 0.1) is 0 Å².